The molecule has 1 aliphatic carbocycles. The first-order chi connectivity index (χ1) is 17.5. The standard InChI is InChI=1S/C27H30FN3O5S/c1-27(2,3)36-26(34)31-20-8-7-17(10-20)23(31)24(32)30-19(13-29)9-16-6-5-15(11-21(16)28)18-12-22(37-14-18)25(33)35-4/h5-6,11-12,14,17,19-20,23H,7-10H2,1-4H3,(H,30,32)/t17-,19-,20+,23-/m0/s1. The maximum atomic E-state index is 15.0. The molecule has 1 saturated carbocycles. The fraction of sp³-hybridized carbons (Fsp3) is 0.481. The summed E-state index contributed by atoms with van der Waals surface area (Å²) in [5.74, 6) is -1.39. The van der Waals surface area contributed by atoms with Gasteiger partial charge in [0.1, 0.15) is 28.4 Å². The van der Waals surface area contributed by atoms with Gasteiger partial charge in [-0.2, -0.15) is 5.26 Å². The molecule has 2 aromatic rings. The van der Waals surface area contributed by atoms with Crippen molar-refractivity contribution in [3.63, 3.8) is 0 Å². The number of nitrogens with one attached hydrogen (secondary N) is 1. The molecular weight excluding hydrogens is 497 g/mol. The van der Waals surface area contributed by atoms with Crippen LogP contribution in [0.1, 0.15) is 55.3 Å². The lowest BCUT2D eigenvalue weighted by atomic mass is 9.97. The summed E-state index contributed by atoms with van der Waals surface area (Å²) in [6, 6.07) is 6.56. The molecule has 2 aliphatic rings. The van der Waals surface area contributed by atoms with Crippen molar-refractivity contribution in [2.24, 2.45) is 5.92 Å². The van der Waals surface area contributed by atoms with Crippen LogP contribution in [0.2, 0.25) is 0 Å². The van der Waals surface area contributed by atoms with E-state index < -0.39 is 41.5 Å². The van der Waals surface area contributed by atoms with Gasteiger partial charge in [0, 0.05) is 12.5 Å². The van der Waals surface area contributed by atoms with Gasteiger partial charge in [-0.05, 0) is 80.2 Å². The van der Waals surface area contributed by atoms with E-state index >= 15 is 0 Å². The van der Waals surface area contributed by atoms with Gasteiger partial charge >= 0.3 is 12.1 Å². The Labute approximate surface area is 219 Å². The number of thiophene rings is 1. The lowest BCUT2D eigenvalue weighted by Gasteiger charge is -2.35. The van der Waals surface area contributed by atoms with Gasteiger partial charge in [0.05, 0.1) is 13.2 Å². The molecule has 2 amide bonds. The highest BCUT2D eigenvalue weighted by Crippen LogP contribution is 2.43. The highest BCUT2D eigenvalue weighted by atomic mass is 32.1. The molecule has 1 aromatic heterocycles. The Bertz CT molecular complexity index is 1250. The Morgan fingerprint density at radius 2 is 2.00 bits per heavy atom. The molecule has 1 aromatic carbocycles. The number of nitrogens with zero attached hydrogens (tertiary/aromatic N) is 2. The molecule has 4 rings (SSSR count). The molecule has 0 radical (unpaired) electrons. The molecule has 0 spiro atoms. The van der Waals surface area contributed by atoms with E-state index in [1.54, 1.807) is 44.4 Å². The van der Waals surface area contributed by atoms with Gasteiger partial charge in [0.25, 0.3) is 0 Å². The van der Waals surface area contributed by atoms with Gasteiger partial charge in [0.15, 0.2) is 0 Å². The molecule has 1 saturated heterocycles. The molecule has 37 heavy (non-hydrogen) atoms. The van der Waals surface area contributed by atoms with Crippen LogP contribution in [0.5, 0.6) is 0 Å². The third-order valence-electron chi connectivity index (χ3n) is 6.73. The summed E-state index contributed by atoms with van der Waals surface area (Å²) in [6.07, 6.45) is 1.82. The van der Waals surface area contributed by atoms with Crippen molar-refractivity contribution in [3.8, 4) is 17.2 Å². The zero-order valence-electron chi connectivity index (χ0n) is 21.2. The number of benzene rings is 1. The number of hydrogen-bond acceptors (Lipinski definition) is 7. The highest BCUT2D eigenvalue weighted by Gasteiger charge is 2.52. The lowest BCUT2D eigenvalue weighted by Crippen LogP contribution is -2.55. The average molecular weight is 528 g/mol. The SMILES string of the molecule is COC(=O)c1cc(-c2ccc(C[C@@H](C#N)NC(=O)[C@@H]3[C@H]4CC[C@H](C4)N3C(=O)OC(C)(C)C)c(F)c2)cs1. The van der Waals surface area contributed by atoms with Gasteiger partial charge in [-0.3, -0.25) is 9.69 Å². The number of nitriles is 1. The summed E-state index contributed by atoms with van der Waals surface area (Å²) in [5, 5.41) is 14.2. The first-order valence-corrected chi connectivity index (χ1v) is 13.1. The summed E-state index contributed by atoms with van der Waals surface area (Å²) in [5.41, 5.74) is 0.846. The summed E-state index contributed by atoms with van der Waals surface area (Å²) < 4.78 is 25.2. The number of hydrogen-bond donors (Lipinski definition) is 1. The van der Waals surface area contributed by atoms with Crippen molar-refractivity contribution < 1.29 is 28.2 Å². The maximum absolute atomic E-state index is 15.0. The summed E-state index contributed by atoms with van der Waals surface area (Å²) in [4.78, 5) is 39.7. The van der Waals surface area contributed by atoms with Crippen molar-refractivity contribution in [1.82, 2.24) is 10.2 Å². The Morgan fingerprint density at radius 1 is 1.24 bits per heavy atom. The Morgan fingerprint density at radius 3 is 2.65 bits per heavy atom. The van der Waals surface area contributed by atoms with E-state index in [-0.39, 0.29) is 23.9 Å². The van der Waals surface area contributed by atoms with Crippen LogP contribution in [0.15, 0.2) is 29.6 Å². The molecule has 2 fully saturated rings. The van der Waals surface area contributed by atoms with Crippen LogP contribution >= 0.6 is 11.3 Å². The Hall–Kier alpha value is -3.45. The van der Waals surface area contributed by atoms with Gasteiger partial charge in [0.2, 0.25) is 5.91 Å². The minimum Gasteiger partial charge on any atom is -0.465 e. The second-order valence-corrected chi connectivity index (χ2v) is 11.4. The van der Waals surface area contributed by atoms with Gasteiger partial charge in [-0.1, -0.05) is 12.1 Å². The number of carbonyl (C=O) groups is 3. The molecule has 2 bridgehead atoms. The molecule has 2 heterocycles. The van der Waals surface area contributed by atoms with Crippen molar-refractivity contribution in [1.29, 1.82) is 5.26 Å². The smallest absolute Gasteiger partial charge is 0.411 e. The van der Waals surface area contributed by atoms with Crippen LogP contribution in [0, 0.1) is 23.1 Å². The van der Waals surface area contributed by atoms with Crippen molar-refractivity contribution in [3.05, 3.63) is 45.9 Å². The average Bonchev–Trinajstić information content (AvgIpc) is 3.59. The fourth-order valence-electron chi connectivity index (χ4n) is 5.10. The van der Waals surface area contributed by atoms with E-state index in [1.807, 2.05) is 6.07 Å². The van der Waals surface area contributed by atoms with Crippen LogP contribution in [0.4, 0.5) is 9.18 Å². The molecular formula is C27H30FN3O5S. The molecule has 4 atom stereocenters. The summed E-state index contributed by atoms with van der Waals surface area (Å²) >= 11 is 1.21. The minimum atomic E-state index is -0.973. The molecule has 196 valence electrons. The van der Waals surface area contributed by atoms with Crippen molar-refractivity contribution in [2.45, 2.75) is 70.2 Å². The number of carbonyl (C=O) groups excluding carboxylic acids is 3. The predicted molar refractivity (Wildman–Crippen MR) is 135 cm³/mol. The summed E-state index contributed by atoms with van der Waals surface area (Å²) in [6.45, 7) is 5.32. The van der Waals surface area contributed by atoms with Gasteiger partial charge in [-0.15, -0.1) is 11.3 Å². The van der Waals surface area contributed by atoms with E-state index in [0.29, 0.717) is 16.0 Å². The van der Waals surface area contributed by atoms with Crippen LogP contribution in [-0.4, -0.2) is 53.7 Å². The van der Waals surface area contributed by atoms with Crippen LogP contribution in [0.3, 0.4) is 0 Å². The third kappa shape index (κ3) is 5.77. The monoisotopic (exact) mass is 527 g/mol. The van der Waals surface area contributed by atoms with Crippen LogP contribution in [0.25, 0.3) is 11.1 Å². The predicted octanol–water partition coefficient (Wildman–Crippen LogP) is 4.68. The summed E-state index contributed by atoms with van der Waals surface area (Å²) in [7, 11) is 1.30. The second kappa shape index (κ2) is 10.5. The van der Waals surface area contributed by atoms with E-state index in [2.05, 4.69) is 5.32 Å². The number of ether oxygens (including phenoxy) is 2. The normalized spacial score (nSPS) is 21.3. The largest absolute Gasteiger partial charge is 0.465 e. The van der Waals surface area contributed by atoms with E-state index in [4.69, 9.17) is 9.47 Å². The zero-order chi connectivity index (χ0) is 26.9. The quantitative estimate of drug-likeness (QED) is 0.547. The first kappa shape index (κ1) is 26.6. The lowest BCUT2D eigenvalue weighted by molar-refractivity contribution is -0.128. The molecule has 10 heteroatoms. The van der Waals surface area contributed by atoms with Crippen LogP contribution in [-0.2, 0) is 20.7 Å². The second-order valence-electron chi connectivity index (χ2n) is 10.5. The number of amides is 2. The van der Waals surface area contributed by atoms with Crippen molar-refractivity contribution in [2.75, 3.05) is 7.11 Å². The Balaban J connectivity index is 1.44. The first-order valence-electron chi connectivity index (χ1n) is 12.2. The molecule has 1 N–H and O–H groups in total. The van der Waals surface area contributed by atoms with Gasteiger partial charge < -0.3 is 14.8 Å². The van der Waals surface area contributed by atoms with Crippen LogP contribution < -0.4 is 5.32 Å². The molecule has 0 unspecified atom stereocenters. The molecule has 8 nitrogen and oxygen atoms in total. The van der Waals surface area contributed by atoms with Gasteiger partial charge in [-0.25, -0.2) is 14.0 Å². The van der Waals surface area contributed by atoms with E-state index in [9.17, 15) is 24.0 Å². The number of halogens is 1. The maximum Gasteiger partial charge on any atom is 0.411 e. The van der Waals surface area contributed by atoms with E-state index in [0.717, 1.165) is 19.3 Å². The number of fused-ring (bicyclic) bond motifs is 2. The minimum absolute atomic E-state index is 0.00775. The number of esters is 1. The number of rotatable bonds is 6. The van der Waals surface area contributed by atoms with E-state index in [1.165, 1.54) is 29.4 Å². The topological polar surface area (TPSA) is 109 Å². The Kier molecular flexibility index (Phi) is 7.55. The molecule has 1 aliphatic heterocycles. The number of methoxy groups -OCH3 is 1. The third-order valence-corrected chi connectivity index (χ3v) is 7.64. The highest BCUT2D eigenvalue weighted by molar-refractivity contribution is 7.12. The van der Waals surface area contributed by atoms with Crippen molar-refractivity contribution >= 4 is 29.3 Å². The zero-order valence-corrected chi connectivity index (χ0v) is 22.1. The number of likely N-dealkylation sites (tertiary alicyclic amines) is 1. The fourth-order valence-corrected chi connectivity index (χ4v) is 5.93. The number of piperidine rings is 1.